The van der Waals surface area contributed by atoms with Crippen LogP contribution in [-0.2, 0) is 23.9 Å². The van der Waals surface area contributed by atoms with Crippen LogP contribution < -0.4 is 5.32 Å². The third kappa shape index (κ3) is 3.94. The molecule has 1 aliphatic heterocycles. The minimum absolute atomic E-state index is 0.160. The van der Waals surface area contributed by atoms with E-state index in [4.69, 9.17) is 10.00 Å². The number of hydrogen-bond donors (Lipinski definition) is 1. The molecule has 1 saturated heterocycles. The first-order valence-electron chi connectivity index (χ1n) is 7.34. The standard InChI is InChI=1S/C15H17N3O5/c16-6-3-7-17-12(19)9-23-13(20)8-18-14(21)10-4-1-2-5-11(10)15(18)22/h1-2,10-11H,3-5,7-9H2,(H,17,19)/t10-,11-/m1/s1. The van der Waals surface area contributed by atoms with Crippen LogP contribution in [0.15, 0.2) is 12.2 Å². The molecule has 1 N–H and O–H groups in total. The number of nitrogens with one attached hydrogen (secondary N) is 1. The number of likely N-dealkylation sites (tertiary alicyclic amines) is 1. The van der Waals surface area contributed by atoms with E-state index >= 15 is 0 Å². The Morgan fingerprint density at radius 2 is 1.87 bits per heavy atom. The van der Waals surface area contributed by atoms with E-state index in [1.165, 1.54) is 0 Å². The van der Waals surface area contributed by atoms with Gasteiger partial charge in [0.2, 0.25) is 11.8 Å². The zero-order valence-electron chi connectivity index (χ0n) is 12.5. The molecule has 23 heavy (non-hydrogen) atoms. The first-order valence-corrected chi connectivity index (χ1v) is 7.34. The van der Waals surface area contributed by atoms with Gasteiger partial charge in [-0.3, -0.25) is 24.1 Å². The molecular formula is C15H17N3O5. The number of ether oxygens (including phenoxy) is 1. The Bertz CT molecular complexity index is 566. The molecule has 1 heterocycles. The Morgan fingerprint density at radius 1 is 1.26 bits per heavy atom. The number of rotatable bonds is 6. The predicted octanol–water partition coefficient (Wildman–Crippen LogP) is -0.489. The van der Waals surface area contributed by atoms with Crippen LogP contribution in [-0.4, -0.2) is 48.3 Å². The van der Waals surface area contributed by atoms with Crippen LogP contribution in [0.3, 0.4) is 0 Å². The van der Waals surface area contributed by atoms with Crippen LogP contribution >= 0.6 is 0 Å². The van der Waals surface area contributed by atoms with Crippen LogP contribution in [0.4, 0.5) is 0 Å². The van der Waals surface area contributed by atoms with Gasteiger partial charge < -0.3 is 10.1 Å². The van der Waals surface area contributed by atoms with Crippen molar-refractivity contribution in [1.29, 1.82) is 5.26 Å². The lowest BCUT2D eigenvalue weighted by atomic mass is 9.85. The quantitative estimate of drug-likeness (QED) is 0.306. The molecule has 2 atom stereocenters. The smallest absolute Gasteiger partial charge is 0.326 e. The number of amides is 3. The van der Waals surface area contributed by atoms with Gasteiger partial charge in [0.05, 0.1) is 24.3 Å². The Labute approximate surface area is 133 Å². The number of imide groups is 1. The highest BCUT2D eigenvalue weighted by molar-refractivity contribution is 6.07. The van der Waals surface area contributed by atoms with E-state index in [2.05, 4.69) is 5.32 Å². The highest BCUT2D eigenvalue weighted by Crippen LogP contribution is 2.34. The summed E-state index contributed by atoms with van der Waals surface area (Å²) >= 11 is 0. The maximum atomic E-state index is 12.2. The molecule has 3 amide bonds. The fourth-order valence-electron chi connectivity index (χ4n) is 2.65. The number of fused-ring (bicyclic) bond motifs is 1. The Hall–Kier alpha value is -2.69. The van der Waals surface area contributed by atoms with E-state index in [9.17, 15) is 19.2 Å². The Morgan fingerprint density at radius 3 is 2.43 bits per heavy atom. The van der Waals surface area contributed by atoms with Crippen molar-refractivity contribution < 1.29 is 23.9 Å². The molecule has 2 aliphatic rings. The summed E-state index contributed by atoms with van der Waals surface area (Å²) < 4.78 is 4.75. The average molecular weight is 319 g/mol. The van der Waals surface area contributed by atoms with Crippen molar-refractivity contribution in [3.63, 3.8) is 0 Å². The van der Waals surface area contributed by atoms with Gasteiger partial charge in [0.15, 0.2) is 6.61 Å². The SMILES string of the molecule is N#CCCNC(=O)COC(=O)CN1C(=O)[C@@H]2CC=CC[C@H]2C1=O. The first-order chi connectivity index (χ1) is 11.0. The topological polar surface area (TPSA) is 117 Å². The summed E-state index contributed by atoms with van der Waals surface area (Å²) in [5.74, 6) is -2.86. The molecule has 1 aliphatic carbocycles. The summed E-state index contributed by atoms with van der Waals surface area (Å²) in [6.45, 7) is -0.808. The summed E-state index contributed by atoms with van der Waals surface area (Å²) in [5, 5.41) is 10.7. The van der Waals surface area contributed by atoms with Crippen molar-refractivity contribution in [2.75, 3.05) is 19.7 Å². The van der Waals surface area contributed by atoms with Crippen molar-refractivity contribution in [1.82, 2.24) is 10.2 Å². The van der Waals surface area contributed by atoms with Crippen molar-refractivity contribution >= 4 is 23.7 Å². The van der Waals surface area contributed by atoms with Crippen LogP contribution in [0.25, 0.3) is 0 Å². The van der Waals surface area contributed by atoms with Gasteiger partial charge in [0.25, 0.3) is 5.91 Å². The number of allylic oxidation sites excluding steroid dienone is 2. The predicted molar refractivity (Wildman–Crippen MR) is 76.3 cm³/mol. The van der Waals surface area contributed by atoms with Crippen LogP contribution in [0, 0.1) is 23.2 Å². The van der Waals surface area contributed by atoms with Gasteiger partial charge in [0, 0.05) is 6.54 Å². The molecule has 0 unspecified atom stereocenters. The third-order valence-electron chi connectivity index (χ3n) is 3.81. The lowest BCUT2D eigenvalue weighted by Gasteiger charge is -2.14. The van der Waals surface area contributed by atoms with Gasteiger partial charge >= 0.3 is 5.97 Å². The largest absolute Gasteiger partial charge is 0.454 e. The van der Waals surface area contributed by atoms with Gasteiger partial charge in [0.1, 0.15) is 6.54 Å². The number of nitriles is 1. The lowest BCUT2D eigenvalue weighted by molar-refractivity contribution is -0.154. The fraction of sp³-hybridized carbons (Fsp3) is 0.533. The number of carbonyl (C=O) groups excluding carboxylic acids is 4. The van der Waals surface area contributed by atoms with Crippen molar-refractivity contribution in [2.45, 2.75) is 19.3 Å². The normalized spacial score (nSPS) is 22.5. The van der Waals surface area contributed by atoms with Crippen LogP contribution in [0.1, 0.15) is 19.3 Å². The molecule has 0 aromatic rings. The molecular weight excluding hydrogens is 302 g/mol. The third-order valence-corrected chi connectivity index (χ3v) is 3.81. The summed E-state index contributed by atoms with van der Waals surface area (Å²) in [4.78, 5) is 48.3. The molecule has 122 valence electrons. The van der Waals surface area contributed by atoms with Gasteiger partial charge in [-0.25, -0.2) is 0 Å². The van der Waals surface area contributed by atoms with Gasteiger partial charge in [-0.15, -0.1) is 0 Å². The van der Waals surface area contributed by atoms with Gasteiger partial charge in [-0.2, -0.15) is 5.26 Å². The highest BCUT2D eigenvalue weighted by atomic mass is 16.5. The van der Waals surface area contributed by atoms with E-state index in [1.807, 2.05) is 18.2 Å². The second-order valence-electron chi connectivity index (χ2n) is 5.34. The van der Waals surface area contributed by atoms with Crippen molar-refractivity contribution in [2.24, 2.45) is 11.8 Å². The zero-order valence-corrected chi connectivity index (χ0v) is 12.5. The monoisotopic (exact) mass is 319 g/mol. The van der Waals surface area contributed by atoms with Crippen molar-refractivity contribution in [3.8, 4) is 6.07 Å². The van der Waals surface area contributed by atoms with Crippen LogP contribution in [0.2, 0.25) is 0 Å². The number of esters is 1. The summed E-state index contributed by atoms with van der Waals surface area (Å²) in [7, 11) is 0. The Kier molecular flexibility index (Phi) is 5.46. The van der Waals surface area contributed by atoms with Gasteiger partial charge in [-0.05, 0) is 12.8 Å². The zero-order chi connectivity index (χ0) is 16.8. The molecule has 0 bridgehead atoms. The molecule has 0 aromatic heterocycles. The second-order valence-corrected chi connectivity index (χ2v) is 5.34. The molecule has 0 saturated carbocycles. The molecule has 8 nitrogen and oxygen atoms in total. The minimum atomic E-state index is -0.811. The molecule has 0 spiro atoms. The minimum Gasteiger partial charge on any atom is -0.454 e. The molecule has 0 radical (unpaired) electrons. The van der Waals surface area contributed by atoms with E-state index in [0.29, 0.717) is 12.8 Å². The average Bonchev–Trinajstić information content (AvgIpc) is 2.79. The summed E-state index contributed by atoms with van der Waals surface area (Å²) in [5.41, 5.74) is 0. The maximum Gasteiger partial charge on any atom is 0.326 e. The van der Waals surface area contributed by atoms with Crippen LogP contribution in [0.5, 0.6) is 0 Å². The second kappa shape index (κ2) is 7.54. The van der Waals surface area contributed by atoms with Gasteiger partial charge in [-0.1, -0.05) is 12.2 Å². The highest BCUT2D eigenvalue weighted by Gasteiger charge is 2.47. The molecule has 2 rings (SSSR count). The van der Waals surface area contributed by atoms with E-state index in [0.717, 1.165) is 4.90 Å². The first kappa shape index (κ1) is 16.7. The maximum absolute atomic E-state index is 12.2. The number of carbonyl (C=O) groups is 4. The molecule has 1 fully saturated rings. The van der Waals surface area contributed by atoms with E-state index in [-0.39, 0.29) is 24.8 Å². The van der Waals surface area contributed by atoms with E-state index in [1.54, 1.807) is 0 Å². The Balaban J connectivity index is 1.79. The van der Waals surface area contributed by atoms with E-state index < -0.39 is 36.9 Å². The van der Waals surface area contributed by atoms with Crippen molar-refractivity contribution in [3.05, 3.63) is 12.2 Å². The summed E-state index contributed by atoms with van der Waals surface area (Å²) in [6, 6.07) is 1.86. The molecule has 0 aromatic carbocycles. The lowest BCUT2D eigenvalue weighted by Crippen LogP contribution is -2.38. The molecule has 8 heteroatoms. The fourth-order valence-corrected chi connectivity index (χ4v) is 2.65. The summed E-state index contributed by atoms with van der Waals surface area (Å²) in [6.07, 6.45) is 4.89. The number of hydrogen-bond acceptors (Lipinski definition) is 6. The number of nitrogens with zero attached hydrogens (tertiary/aromatic N) is 2.